The van der Waals surface area contributed by atoms with E-state index >= 15 is 0 Å². The van der Waals surface area contributed by atoms with Crippen LogP contribution in [0.2, 0.25) is 0 Å². The fourth-order valence-electron chi connectivity index (χ4n) is 2.49. The number of nitrogens with zero attached hydrogens (tertiary/aromatic N) is 1. The topological polar surface area (TPSA) is 52.9 Å². The molecule has 0 bridgehead atoms. The second-order valence-corrected chi connectivity index (χ2v) is 4.50. The zero-order chi connectivity index (χ0) is 12.5. The number of nitrogens with one attached hydrogen (secondary N) is 1. The van der Waals surface area contributed by atoms with Crippen molar-refractivity contribution in [3.8, 4) is 6.07 Å². The Bertz CT molecular complexity index is 632. The van der Waals surface area contributed by atoms with Gasteiger partial charge in [0.1, 0.15) is 0 Å². The minimum atomic E-state index is 0.0475. The summed E-state index contributed by atoms with van der Waals surface area (Å²) in [6, 6.07) is 7.43. The zero-order valence-corrected chi connectivity index (χ0v) is 9.86. The number of Topliss-reactive ketones (excluding diaryl/α,β-unsaturated/α-hetero) is 1. The van der Waals surface area contributed by atoms with Crippen LogP contribution in [0.4, 0.5) is 0 Å². The van der Waals surface area contributed by atoms with Crippen LogP contribution in [0.15, 0.2) is 41.6 Å². The number of ketones is 1. The Kier molecular flexibility index (Phi) is 2.49. The summed E-state index contributed by atoms with van der Waals surface area (Å²) in [4.78, 5) is 12.4. The summed E-state index contributed by atoms with van der Waals surface area (Å²) in [6.45, 7) is 0.705. The second-order valence-electron chi connectivity index (χ2n) is 4.50. The number of dihydropyridines is 1. The van der Waals surface area contributed by atoms with Crippen LogP contribution in [0.3, 0.4) is 0 Å². The molecule has 3 nitrogen and oxygen atoms in total. The second kappa shape index (κ2) is 4.15. The fourth-order valence-corrected chi connectivity index (χ4v) is 2.49. The van der Waals surface area contributed by atoms with Crippen LogP contribution in [0.25, 0.3) is 0 Å². The van der Waals surface area contributed by atoms with Crippen molar-refractivity contribution in [3.63, 3.8) is 0 Å². The van der Waals surface area contributed by atoms with Gasteiger partial charge in [0.25, 0.3) is 0 Å². The molecule has 0 amide bonds. The van der Waals surface area contributed by atoms with Gasteiger partial charge in [-0.05, 0) is 42.2 Å². The van der Waals surface area contributed by atoms with Gasteiger partial charge in [0.2, 0.25) is 5.78 Å². The van der Waals surface area contributed by atoms with Crippen molar-refractivity contribution in [1.82, 2.24) is 5.32 Å². The molecule has 0 fully saturated rings. The molecule has 1 aliphatic carbocycles. The Hall–Kier alpha value is -2.34. The molecule has 18 heavy (non-hydrogen) atoms. The molecule has 0 saturated heterocycles. The Morgan fingerprint density at radius 3 is 3.00 bits per heavy atom. The molecule has 3 rings (SSSR count). The van der Waals surface area contributed by atoms with E-state index in [1.165, 1.54) is 0 Å². The monoisotopic (exact) mass is 236 g/mol. The van der Waals surface area contributed by atoms with Crippen LogP contribution < -0.4 is 5.32 Å². The van der Waals surface area contributed by atoms with E-state index in [0.717, 1.165) is 35.2 Å². The van der Waals surface area contributed by atoms with Crippen LogP contribution in [-0.4, -0.2) is 12.3 Å². The van der Waals surface area contributed by atoms with Crippen molar-refractivity contribution in [2.24, 2.45) is 0 Å². The van der Waals surface area contributed by atoms with Gasteiger partial charge in [-0.25, -0.2) is 0 Å². The summed E-state index contributed by atoms with van der Waals surface area (Å²) in [5.74, 6) is 0.0475. The highest BCUT2D eigenvalue weighted by Gasteiger charge is 2.23. The van der Waals surface area contributed by atoms with E-state index in [-0.39, 0.29) is 5.78 Å². The predicted octanol–water partition coefficient (Wildman–Crippen LogP) is 2.10. The summed E-state index contributed by atoms with van der Waals surface area (Å²) in [5.41, 5.74) is 4.11. The number of hydrogen-bond acceptors (Lipinski definition) is 3. The van der Waals surface area contributed by atoms with Crippen LogP contribution in [0.5, 0.6) is 0 Å². The maximum Gasteiger partial charge on any atom is 0.209 e. The molecule has 1 aromatic rings. The predicted molar refractivity (Wildman–Crippen MR) is 68.0 cm³/mol. The average molecular weight is 236 g/mol. The summed E-state index contributed by atoms with van der Waals surface area (Å²) in [6.07, 6.45) is 5.71. The number of fused-ring (bicyclic) bond motifs is 1. The van der Waals surface area contributed by atoms with Gasteiger partial charge < -0.3 is 5.32 Å². The number of allylic oxidation sites excluding steroid dienone is 3. The molecule has 2 aliphatic rings. The van der Waals surface area contributed by atoms with Crippen molar-refractivity contribution < 1.29 is 4.79 Å². The zero-order valence-electron chi connectivity index (χ0n) is 9.86. The molecule has 1 aromatic carbocycles. The Balaban J connectivity index is 2.11. The molecule has 1 heterocycles. The quantitative estimate of drug-likeness (QED) is 0.750. The average Bonchev–Trinajstić information content (AvgIpc) is 2.57. The molecule has 1 aliphatic heterocycles. The molecule has 88 valence electrons. The number of nitriles is 1. The number of carbonyl (C=O) groups is 1. The van der Waals surface area contributed by atoms with Gasteiger partial charge in [0.15, 0.2) is 0 Å². The number of benzene rings is 1. The maximum absolute atomic E-state index is 12.4. The lowest BCUT2D eigenvalue weighted by atomic mass is 9.99. The Morgan fingerprint density at radius 2 is 2.17 bits per heavy atom. The first-order chi connectivity index (χ1) is 8.79. The first-order valence-corrected chi connectivity index (χ1v) is 6.01. The number of rotatable bonds is 0. The van der Waals surface area contributed by atoms with Crippen LogP contribution in [0.1, 0.15) is 27.9 Å². The van der Waals surface area contributed by atoms with Crippen molar-refractivity contribution in [1.29, 1.82) is 5.26 Å². The third-order valence-corrected chi connectivity index (χ3v) is 3.41. The molecule has 1 N–H and O–H groups in total. The standard InChI is InChI=1S/C15H12N2O/c16-9-10-3-6-13-12(8-10)5-4-11-2-1-7-17-14(11)15(13)18/h1-3,6,8,17H,4-5,7H2. The minimum Gasteiger partial charge on any atom is -0.378 e. The molecular weight excluding hydrogens is 224 g/mol. The summed E-state index contributed by atoms with van der Waals surface area (Å²) in [5, 5.41) is 12.1. The normalized spacial score (nSPS) is 17.4. The molecule has 0 radical (unpaired) electrons. The van der Waals surface area contributed by atoms with Crippen LogP contribution in [0, 0.1) is 11.3 Å². The molecular formula is C15H12N2O. The highest BCUT2D eigenvalue weighted by Crippen LogP contribution is 2.26. The van der Waals surface area contributed by atoms with E-state index in [0.29, 0.717) is 12.1 Å². The van der Waals surface area contributed by atoms with E-state index in [1.54, 1.807) is 12.1 Å². The van der Waals surface area contributed by atoms with E-state index in [2.05, 4.69) is 11.4 Å². The highest BCUT2D eigenvalue weighted by molar-refractivity contribution is 6.10. The van der Waals surface area contributed by atoms with Gasteiger partial charge in [-0.2, -0.15) is 5.26 Å². The summed E-state index contributed by atoms with van der Waals surface area (Å²) < 4.78 is 0. The van der Waals surface area contributed by atoms with Gasteiger partial charge in [0.05, 0.1) is 17.3 Å². The minimum absolute atomic E-state index is 0.0475. The third kappa shape index (κ3) is 1.63. The van der Waals surface area contributed by atoms with Crippen LogP contribution in [-0.2, 0) is 6.42 Å². The highest BCUT2D eigenvalue weighted by atomic mass is 16.1. The van der Waals surface area contributed by atoms with Crippen molar-refractivity contribution >= 4 is 5.78 Å². The largest absolute Gasteiger partial charge is 0.378 e. The molecule has 3 heteroatoms. The number of carbonyl (C=O) groups excluding carboxylic acids is 1. The van der Waals surface area contributed by atoms with Crippen LogP contribution >= 0.6 is 0 Å². The fraction of sp³-hybridized carbons (Fsp3) is 0.200. The molecule has 0 spiro atoms. The Labute approximate surface area is 105 Å². The van der Waals surface area contributed by atoms with E-state index < -0.39 is 0 Å². The molecule has 0 unspecified atom stereocenters. The first kappa shape index (κ1) is 10.8. The van der Waals surface area contributed by atoms with Gasteiger partial charge in [-0.3, -0.25) is 4.79 Å². The molecule has 0 aromatic heterocycles. The van der Waals surface area contributed by atoms with Crippen molar-refractivity contribution in [2.75, 3.05) is 6.54 Å². The lowest BCUT2D eigenvalue weighted by molar-refractivity contribution is 0.102. The van der Waals surface area contributed by atoms with E-state index in [4.69, 9.17) is 5.26 Å². The van der Waals surface area contributed by atoms with Gasteiger partial charge in [-0.1, -0.05) is 12.2 Å². The van der Waals surface area contributed by atoms with Gasteiger partial charge in [0, 0.05) is 12.1 Å². The smallest absolute Gasteiger partial charge is 0.209 e. The van der Waals surface area contributed by atoms with Crippen molar-refractivity contribution in [2.45, 2.75) is 12.8 Å². The number of hydrogen-bond donors (Lipinski definition) is 1. The van der Waals surface area contributed by atoms with Gasteiger partial charge >= 0.3 is 0 Å². The summed E-state index contributed by atoms with van der Waals surface area (Å²) in [7, 11) is 0. The first-order valence-electron chi connectivity index (χ1n) is 6.01. The summed E-state index contributed by atoms with van der Waals surface area (Å²) >= 11 is 0. The van der Waals surface area contributed by atoms with E-state index in [9.17, 15) is 4.79 Å². The maximum atomic E-state index is 12.4. The lowest BCUT2D eigenvalue weighted by Gasteiger charge is -2.14. The van der Waals surface area contributed by atoms with Crippen molar-refractivity contribution in [3.05, 3.63) is 58.3 Å². The third-order valence-electron chi connectivity index (χ3n) is 3.41. The molecule has 0 atom stereocenters. The van der Waals surface area contributed by atoms with Gasteiger partial charge in [-0.15, -0.1) is 0 Å². The molecule has 0 saturated carbocycles. The SMILES string of the molecule is N#Cc1ccc2c(c1)CCC1=C(NCC=C1)C2=O. The Morgan fingerprint density at radius 1 is 1.28 bits per heavy atom. The van der Waals surface area contributed by atoms with E-state index in [1.807, 2.05) is 18.2 Å². The number of aryl methyl sites for hydroxylation is 1. The lowest BCUT2D eigenvalue weighted by Crippen LogP contribution is -2.24.